The van der Waals surface area contributed by atoms with Gasteiger partial charge in [0, 0.05) is 61.2 Å². The molecule has 3 aromatic carbocycles. The molecule has 0 unspecified atom stereocenters. The molecule has 70 heavy (non-hydrogen) atoms. The van der Waals surface area contributed by atoms with Gasteiger partial charge in [0.1, 0.15) is 30.2 Å². The van der Waals surface area contributed by atoms with Gasteiger partial charge in [-0.2, -0.15) is 0 Å². The predicted molar refractivity (Wildman–Crippen MR) is 253 cm³/mol. The number of nitrogens with zero attached hydrogens (tertiary/aromatic N) is 2. The fraction of sp³-hybridized carbons (Fsp3) is 0.367. The van der Waals surface area contributed by atoms with E-state index in [9.17, 15) is 53.7 Å². The molecule has 6 rings (SSSR count). The Morgan fingerprint density at radius 2 is 1.30 bits per heavy atom. The summed E-state index contributed by atoms with van der Waals surface area (Å²) in [6.45, 7) is 1.29. The standard InChI is InChI=1S/C49H58N10O11/c1-28(60)42(49(69)70)58-47(67)40-17-10-20-59(40)48(68)39(23-31-25-52-35-16-9-8-15-33(31)35)57-45(65)37(22-30-13-6-3-7-14-30)56-44(64)36(18-19-41(61)62)54-46(66)38(24-32-26-51-27-53-32)55-43(63)34(50)21-29-11-4-2-5-12-29/h2-9,11-16,25-28,34,36-40,42,52,60H,10,17-24,50H2,1H3,(H,51,53)(H,54,66)(H,55,63)(H,56,64)(H,57,65)(H,58,67)(H,61,62)(H,69,70)/t28-,34+,36+,37+,38+,39+,40+,42+/m1/s1. The Labute approximate surface area is 402 Å². The van der Waals surface area contributed by atoms with Crippen LogP contribution in [0.1, 0.15) is 55.0 Å². The van der Waals surface area contributed by atoms with Crippen LogP contribution >= 0.6 is 0 Å². The normalized spacial score (nSPS) is 16.4. The SMILES string of the molecule is C[C@@H](O)[C@H](NC(=O)[C@@H]1CCCN1C(=O)[C@H](Cc1c[nH]c2ccccc12)NC(=O)[C@H](Cc1ccccc1)NC(=O)[C@H](CCC(=O)O)NC(=O)[C@H](Cc1cnc[nH]1)NC(=O)[C@@H](N)Cc1ccccc1)C(=O)O. The number of nitrogens with two attached hydrogens (primary N) is 1. The molecule has 6 amide bonds. The molecule has 1 saturated heterocycles. The molecule has 0 radical (unpaired) electrons. The molecule has 21 heteroatoms. The van der Waals surface area contributed by atoms with Crippen LogP contribution < -0.4 is 32.3 Å². The van der Waals surface area contributed by atoms with E-state index in [4.69, 9.17) is 5.73 Å². The van der Waals surface area contributed by atoms with Crippen molar-refractivity contribution in [3.05, 3.63) is 126 Å². The number of amides is 6. The molecule has 3 heterocycles. The zero-order chi connectivity index (χ0) is 50.3. The first-order valence-corrected chi connectivity index (χ1v) is 22.9. The summed E-state index contributed by atoms with van der Waals surface area (Å²) in [6, 6.07) is 15.3. The average molecular weight is 963 g/mol. The number of nitrogens with one attached hydrogen (secondary N) is 7. The highest BCUT2D eigenvalue weighted by atomic mass is 16.4. The van der Waals surface area contributed by atoms with Crippen LogP contribution in [0.5, 0.6) is 0 Å². The summed E-state index contributed by atoms with van der Waals surface area (Å²) in [7, 11) is 0. The lowest BCUT2D eigenvalue weighted by atomic mass is 10.0. The third-order valence-electron chi connectivity index (χ3n) is 12.0. The third-order valence-corrected chi connectivity index (χ3v) is 12.0. The van der Waals surface area contributed by atoms with Gasteiger partial charge in [-0.1, -0.05) is 78.9 Å². The van der Waals surface area contributed by atoms with Crippen molar-refractivity contribution in [3.8, 4) is 0 Å². The number of imidazole rings is 1. The largest absolute Gasteiger partial charge is 0.481 e. The number of carboxylic acids is 2. The number of fused-ring (bicyclic) bond motifs is 1. The Balaban J connectivity index is 1.26. The first-order valence-electron chi connectivity index (χ1n) is 22.9. The predicted octanol–water partition coefficient (Wildman–Crippen LogP) is 0.234. The summed E-state index contributed by atoms with van der Waals surface area (Å²) in [5, 5.41) is 43.2. The number of carboxylic acid groups (broad SMARTS) is 2. The molecular formula is C49H58N10O11. The summed E-state index contributed by atoms with van der Waals surface area (Å²) < 4.78 is 0. The number of hydrogen-bond donors (Lipinski definition) is 11. The number of aromatic nitrogens is 3. The molecular weight excluding hydrogens is 905 g/mol. The van der Waals surface area contributed by atoms with E-state index in [1.165, 1.54) is 24.3 Å². The summed E-state index contributed by atoms with van der Waals surface area (Å²) >= 11 is 0. The molecule has 0 spiro atoms. The second-order valence-electron chi connectivity index (χ2n) is 17.3. The van der Waals surface area contributed by atoms with E-state index in [0.717, 1.165) is 16.5 Å². The van der Waals surface area contributed by atoms with E-state index in [1.54, 1.807) is 66.9 Å². The van der Waals surface area contributed by atoms with E-state index in [-0.39, 0.29) is 38.6 Å². The molecule has 1 fully saturated rings. The van der Waals surface area contributed by atoms with Crippen LogP contribution in [0.15, 0.2) is 104 Å². The second-order valence-corrected chi connectivity index (χ2v) is 17.3. The van der Waals surface area contributed by atoms with E-state index in [1.807, 2.05) is 24.3 Å². The number of benzene rings is 3. The molecule has 2 aromatic heterocycles. The number of aliphatic carboxylic acids is 2. The summed E-state index contributed by atoms with van der Waals surface area (Å²) in [6.07, 6.45) is 2.40. The minimum atomic E-state index is -1.65. The van der Waals surface area contributed by atoms with Gasteiger partial charge in [-0.3, -0.25) is 33.6 Å². The Hall–Kier alpha value is -7.91. The van der Waals surface area contributed by atoms with Gasteiger partial charge in [-0.25, -0.2) is 9.78 Å². The maximum absolute atomic E-state index is 14.7. The molecule has 0 aliphatic carbocycles. The average Bonchev–Trinajstić information content (AvgIpc) is 4.14. The monoisotopic (exact) mass is 962 g/mol. The molecule has 370 valence electrons. The zero-order valence-corrected chi connectivity index (χ0v) is 38.4. The number of likely N-dealkylation sites (tertiary alicyclic amines) is 1. The van der Waals surface area contributed by atoms with Crippen molar-refractivity contribution in [2.45, 2.75) is 107 Å². The number of para-hydroxylation sites is 1. The fourth-order valence-corrected chi connectivity index (χ4v) is 8.34. The number of aromatic amines is 2. The summed E-state index contributed by atoms with van der Waals surface area (Å²) in [4.78, 5) is 120. The van der Waals surface area contributed by atoms with Crippen LogP contribution in [0.3, 0.4) is 0 Å². The smallest absolute Gasteiger partial charge is 0.328 e. The highest BCUT2D eigenvalue weighted by Crippen LogP contribution is 2.24. The molecule has 0 saturated carbocycles. The topological polar surface area (TPSA) is 331 Å². The lowest BCUT2D eigenvalue weighted by Gasteiger charge is -2.31. The Bertz CT molecular complexity index is 2610. The van der Waals surface area contributed by atoms with Crippen molar-refractivity contribution in [2.75, 3.05) is 6.54 Å². The number of aliphatic hydroxyl groups excluding tert-OH is 1. The maximum Gasteiger partial charge on any atom is 0.328 e. The molecule has 0 bridgehead atoms. The van der Waals surface area contributed by atoms with Gasteiger partial charge in [0.15, 0.2) is 6.04 Å². The van der Waals surface area contributed by atoms with E-state index in [0.29, 0.717) is 23.2 Å². The summed E-state index contributed by atoms with van der Waals surface area (Å²) in [5.41, 5.74) is 9.45. The molecule has 1 aliphatic heterocycles. The van der Waals surface area contributed by atoms with Gasteiger partial charge in [0.25, 0.3) is 0 Å². The Kier molecular flexibility index (Phi) is 17.9. The van der Waals surface area contributed by atoms with Crippen molar-refractivity contribution < 1.29 is 53.7 Å². The van der Waals surface area contributed by atoms with Crippen LogP contribution in [0.4, 0.5) is 0 Å². The zero-order valence-electron chi connectivity index (χ0n) is 38.4. The van der Waals surface area contributed by atoms with Gasteiger partial charge >= 0.3 is 11.9 Å². The van der Waals surface area contributed by atoms with Gasteiger partial charge in [0.2, 0.25) is 35.4 Å². The number of carbonyl (C=O) groups is 8. The highest BCUT2D eigenvalue weighted by molar-refractivity contribution is 5.98. The lowest BCUT2D eigenvalue weighted by Crippen LogP contribution is -2.60. The number of carbonyl (C=O) groups excluding carboxylic acids is 6. The van der Waals surface area contributed by atoms with E-state index >= 15 is 0 Å². The van der Waals surface area contributed by atoms with Crippen LogP contribution in [-0.2, 0) is 64.0 Å². The number of aliphatic hydroxyl groups is 1. The molecule has 12 N–H and O–H groups in total. The van der Waals surface area contributed by atoms with Crippen LogP contribution in [-0.4, -0.2) is 137 Å². The van der Waals surface area contributed by atoms with Gasteiger partial charge in [0.05, 0.1) is 18.5 Å². The van der Waals surface area contributed by atoms with E-state index in [2.05, 4.69) is 41.5 Å². The maximum atomic E-state index is 14.7. The van der Waals surface area contributed by atoms with Crippen molar-refractivity contribution >= 4 is 58.3 Å². The quantitative estimate of drug-likeness (QED) is 0.0395. The minimum Gasteiger partial charge on any atom is -0.481 e. The summed E-state index contributed by atoms with van der Waals surface area (Å²) in [5.74, 6) is -7.54. The van der Waals surface area contributed by atoms with Crippen molar-refractivity contribution in [2.24, 2.45) is 5.73 Å². The fourth-order valence-electron chi connectivity index (χ4n) is 8.34. The minimum absolute atomic E-state index is 0.0828. The first kappa shape index (κ1) is 51.5. The third kappa shape index (κ3) is 14.1. The van der Waals surface area contributed by atoms with Crippen molar-refractivity contribution in [3.63, 3.8) is 0 Å². The van der Waals surface area contributed by atoms with Crippen molar-refractivity contribution in [1.82, 2.24) is 46.4 Å². The van der Waals surface area contributed by atoms with Crippen LogP contribution in [0.25, 0.3) is 10.9 Å². The van der Waals surface area contributed by atoms with Gasteiger partial charge in [-0.15, -0.1) is 0 Å². The van der Waals surface area contributed by atoms with Gasteiger partial charge in [-0.05, 0) is 55.4 Å². The van der Waals surface area contributed by atoms with Gasteiger partial charge < -0.3 is 62.5 Å². The molecule has 8 atom stereocenters. The lowest BCUT2D eigenvalue weighted by molar-refractivity contribution is -0.147. The highest BCUT2D eigenvalue weighted by Gasteiger charge is 2.41. The number of rotatable bonds is 24. The Morgan fingerprint density at radius 3 is 1.93 bits per heavy atom. The molecule has 5 aromatic rings. The Morgan fingerprint density at radius 1 is 0.714 bits per heavy atom. The first-order chi connectivity index (χ1) is 33.6. The van der Waals surface area contributed by atoms with Crippen molar-refractivity contribution in [1.29, 1.82) is 0 Å². The van der Waals surface area contributed by atoms with Crippen LogP contribution in [0.2, 0.25) is 0 Å². The van der Waals surface area contributed by atoms with E-state index < -0.39 is 109 Å². The molecule has 1 aliphatic rings. The second kappa shape index (κ2) is 24.4. The molecule has 21 nitrogen and oxygen atoms in total. The van der Waals surface area contributed by atoms with Crippen LogP contribution in [0, 0.1) is 0 Å². The number of hydrogen-bond acceptors (Lipinski definition) is 11. The number of H-pyrrole nitrogens is 2.